The molecule has 4 atom stereocenters. The van der Waals surface area contributed by atoms with Crippen LogP contribution in [0.1, 0.15) is 19.3 Å². The van der Waals surface area contributed by atoms with Crippen molar-refractivity contribution in [1.29, 1.82) is 0 Å². The molecule has 1 aromatic carbocycles. The molecule has 2 fully saturated rings. The molecular formula is C14H18N2O2. The second kappa shape index (κ2) is 4.28. The van der Waals surface area contributed by atoms with Crippen LogP contribution in [0.15, 0.2) is 24.3 Å². The Morgan fingerprint density at radius 3 is 2.78 bits per heavy atom. The second-order valence-electron chi connectivity index (χ2n) is 5.48. The first-order valence-electron chi connectivity index (χ1n) is 6.50. The summed E-state index contributed by atoms with van der Waals surface area (Å²) in [4.78, 5) is 12.3. The maximum atomic E-state index is 12.3. The van der Waals surface area contributed by atoms with E-state index in [2.05, 4.69) is 5.32 Å². The van der Waals surface area contributed by atoms with Gasteiger partial charge in [0.25, 0.3) is 0 Å². The monoisotopic (exact) mass is 246 g/mol. The van der Waals surface area contributed by atoms with Crippen molar-refractivity contribution in [3.8, 4) is 5.75 Å². The maximum Gasteiger partial charge on any atom is 0.229 e. The van der Waals surface area contributed by atoms with Gasteiger partial charge in [-0.05, 0) is 43.2 Å². The van der Waals surface area contributed by atoms with Crippen LogP contribution in [0.4, 0.5) is 5.69 Å². The van der Waals surface area contributed by atoms with E-state index in [0.717, 1.165) is 12.8 Å². The van der Waals surface area contributed by atoms with Crippen LogP contribution in [-0.2, 0) is 4.79 Å². The van der Waals surface area contributed by atoms with E-state index in [-0.39, 0.29) is 23.6 Å². The number of phenols is 1. The molecule has 0 spiro atoms. The summed E-state index contributed by atoms with van der Waals surface area (Å²) in [5, 5.41) is 12.2. The van der Waals surface area contributed by atoms with Gasteiger partial charge in [-0.2, -0.15) is 0 Å². The highest BCUT2D eigenvalue weighted by Gasteiger charge is 2.49. The Labute approximate surface area is 106 Å². The third-order valence-electron chi connectivity index (χ3n) is 4.40. The minimum Gasteiger partial charge on any atom is -0.508 e. The summed E-state index contributed by atoms with van der Waals surface area (Å²) >= 11 is 0. The first-order valence-corrected chi connectivity index (χ1v) is 6.50. The van der Waals surface area contributed by atoms with Crippen LogP contribution in [0.5, 0.6) is 5.75 Å². The fraction of sp³-hybridized carbons (Fsp3) is 0.500. The number of nitrogens with two attached hydrogens (primary N) is 1. The van der Waals surface area contributed by atoms with E-state index in [0.29, 0.717) is 17.5 Å². The minimum atomic E-state index is -0.0638. The summed E-state index contributed by atoms with van der Waals surface area (Å²) in [7, 11) is 0. The highest BCUT2D eigenvalue weighted by atomic mass is 16.3. The fourth-order valence-corrected chi connectivity index (χ4v) is 3.53. The lowest BCUT2D eigenvalue weighted by Gasteiger charge is -2.27. The summed E-state index contributed by atoms with van der Waals surface area (Å²) in [6.07, 6.45) is 3.39. The molecule has 18 heavy (non-hydrogen) atoms. The number of rotatable bonds is 2. The number of benzene rings is 1. The lowest BCUT2D eigenvalue weighted by Crippen LogP contribution is -2.42. The van der Waals surface area contributed by atoms with Crippen molar-refractivity contribution in [3.63, 3.8) is 0 Å². The summed E-state index contributed by atoms with van der Waals surface area (Å²) in [5.74, 6) is 1.06. The molecule has 2 aliphatic carbocycles. The number of phenolic OH excluding ortho intramolecular Hbond substituents is 1. The molecule has 4 nitrogen and oxygen atoms in total. The van der Waals surface area contributed by atoms with Crippen molar-refractivity contribution < 1.29 is 9.90 Å². The zero-order chi connectivity index (χ0) is 12.7. The van der Waals surface area contributed by atoms with E-state index >= 15 is 0 Å². The second-order valence-corrected chi connectivity index (χ2v) is 5.48. The van der Waals surface area contributed by atoms with Gasteiger partial charge in [0.05, 0.1) is 5.92 Å². The van der Waals surface area contributed by atoms with Gasteiger partial charge in [0.1, 0.15) is 5.75 Å². The van der Waals surface area contributed by atoms with Gasteiger partial charge in [0, 0.05) is 17.8 Å². The molecule has 3 rings (SSSR count). The van der Waals surface area contributed by atoms with Crippen LogP contribution >= 0.6 is 0 Å². The van der Waals surface area contributed by atoms with Crippen LogP contribution in [0.2, 0.25) is 0 Å². The number of hydrogen-bond acceptors (Lipinski definition) is 3. The van der Waals surface area contributed by atoms with Crippen molar-refractivity contribution >= 4 is 11.6 Å². The third-order valence-corrected chi connectivity index (χ3v) is 4.40. The van der Waals surface area contributed by atoms with Gasteiger partial charge in [-0.15, -0.1) is 0 Å². The average molecular weight is 246 g/mol. The fourth-order valence-electron chi connectivity index (χ4n) is 3.53. The van der Waals surface area contributed by atoms with Crippen LogP contribution in [0.3, 0.4) is 0 Å². The molecule has 1 amide bonds. The Morgan fingerprint density at radius 2 is 2.11 bits per heavy atom. The lowest BCUT2D eigenvalue weighted by atomic mass is 9.84. The number of fused-ring (bicyclic) bond motifs is 2. The Hall–Kier alpha value is -1.55. The SMILES string of the molecule is NC1C2CCC(C2)C1C(=O)Nc1cccc(O)c1. The van der Waals surface area contributed by atoms with Crippen LogP contribution in [-0.4, -0.2) is 17.1 Å². The van der Waals surface area contributed by atoms with Crippen molar-refractivity contribution in [3.05, 3.63) is 24.3 Å². The lowest BCUT2D eigenvalue weighted by molar-refractivity contribution is -0.121. The summed E-state index contributed by atoms with van der Waals surface area (Å²) in [6, 6.07) is 6.62. The molecule has 0 aromatic heterocycles. The van der Waals surface area contributed by atoms with Gasteiger partial charge in [-0.25, -0.2) is 0 Å². The van der Waals surface area contributed by atoms with Gasteiger partial charge >= 0.3 is 0 Å². The van der Waals surface area contributed by atoms with Gasteiger partial charge in [-0.3, -0.25) is 4.79 Å². The highest BCUT2D eigenvalue weighted by Crippen LogP contribution is 2.47. The molecule has 0 heterocycles. The van der Waals surface area contributed by atoms with E-state index in [9.17, 15) is 9.90 Å². The number of carbonyl (C=O) groups is 1. The number of aromatic hydroxyl groups is 1. The number of carbonyl (C=O) groups excluding carboxylic acids is 1. The van der Waals surface area contributed by atoms with Gasteiger partial charge in [-0.1, -0.05) is 6.07 Å². The number of anilines is 1. The molecule has 2 saturated carbocycles. The Morgan fingerprint density at radius 1 is 1.33 bits per heavy atom. The Balaban J connectivity index is 1.72. The Kier molecular flexibility index (Phi) is 2.74. The topological polar surface area (TPSA) is 75.4 Å². The number of hydrogen-bond donors (Lipinski definition) is 3. The molecule has 0 aliphatic heterocycles. The smallest absolute Gasteiger partial charge is 0.229 e. The normalized spacial score (nSPS) is 33.6. The van der Waals surface area contributed by atoms with E-state index in [4.69, 9.17) is 5.73 Å². The van der Waals surface area contributed by atoms with E-state index in [1.165, 1.54) is 6.42 Å². The molecule has 4 unspecified atom stereocenters. The summed E-state index contributed by atoms with van der Waals surface area (Å²) in [6.45, 7) is 0. The van der Waals surface area contributed by atoms with E-state index in [1.807, 2.05) is 0 Å². The standard InChI is InChI=1S/C14H18N2O2/c15-13-9-5-4-8(6-9)12(13)14(18)16-10-2-1-3-11(17)7-10/h1-3,7-9,12-13,17H,4-6,15H2,(H,16,18). The first kappa shape index (κ1) is 11.5. The van der Waals surface area contributed by atoms with Crippen LogP contribution in [0.25, 0.3) is 0 Å². The molecule has 4 heteroatoms. The van der Waals surface area contributed by atoms with Crippen molar-refractivity contribution in [2.45, 2.75) is 25.3 Å². The highest BCUT2D eigenvalue weighted by molar-refractivity contribution is 5.93. The molecule has 0 saturated heterocycles. The zero-order valence-electron chi connectivity index (χ0n) is 10.2. The average Bonchev–Trinajstić information content (AvgIpc) is 2.89. The summed E-state index contributed by atoms with van der Waals surface area (Å²) < 4.78 is 0. The summed E-state index contributed by atoms with van der Waals surface area (Å²) in [5.41, 5.74) is 6.77. The van der Waals surface area contributed by atoms with Crippen LogP contribution in [0, 0.1) is 17.8 Å². The van der Waals surface area contributed by atoms with E-state index in [1.54, 1.807) is 24.3 Å². The third kappa shape index (κ3) is 1.86. The predicted octanol–water partition coefficient (Wildman–Crippen LogP) is 1.70. The number of amides is 1. The van der Waals surface area contributed by atoms with Crippen molar-refractivity contribution in [1.82, 2.24) is 0 Å². The van der Waals surface area contributed by atoms with Crippen LogP contribution < -0.4 is 11.1 Å². The van der Waals surface area contributed by atoms with Crippen molar-refractivity contribution in [2.75, 3.05) is 5.32 Å². The first-order chi connectivity index (χ1) is 8.65. The van der Waals surface area contributed by atoms with Gasteiger partial charge in [0.15, 0.2) is 0 Å². The molecular weight excluding hydrogens is 228 g/mol. The number of nitrogens with one attached hydrogen (secondary N) is 1. The minimum absolute atomic E-state index is 0.000278. The largest absolute Gasteiger partial charge is 0.508 e. The molecule has 4 N–H and O–H groups in total. The molecule has 96 valence electrons. The van der Waals surface area contributed by atoms with E-state index < -0.39 is 0 Å². The van der Waals surface area contributed by atoms with Crippen molar-refractivity contribution in [2.24, 2.45) is 23.5 Å². The molecule has 1 aromatic rings. The molecule has 2 bridgehead atoms. The molecule has 0 radical (unpaired) electrons. The predicted molar refractivity (Wildman–Crippen MR) is 69.0 cm³/mol. The Bertz CT molecular complexity index is 473. The van der Waals surface area contributed by atoms with Gasteiger partial charge in [0.2, 0.25) is 5.91 Å². The zero-order valence-corrected chi connectivity index (χ0v) is 10.2. The molecule has 2 aliphatic rings. The maximum absolute atomic E-state index is 12.3. The quantitative estimate of drug-likeness (QED) is 0.743. The van der Waals surface area contributed by atoms with Gasteiger partial charge < -0.3 is 16.2 Å².